The van der Waals surface area contributed by atoms with Crippen LogP contribution in [0.2, 0.25) is 0 Å². The first kappa shape index (κ1) is 15.5. The minimum absolute atomic E-state index is 0.176. The van der Waals surface area contributed by atoms with Crippen LogP contribution in [0.4, 0.5) is 5.82 Å². The lowest BCUT2D eigenvalue weighted by atomic mass is 10.0. The zero-order valence-electron chi connectivity index (χ0n) is 14.0. The number of fused-ring (bicyclic) bond motifs is 3. The molecule has 1 aliphatic rings. The monoisotopic (exact) mass is 333 g/mol. The molecule has 4 rings (SSSR count). The van der Waals surface area contributed by atoms with E-state index in [1.807, 2.05) is 25.3 Å². The fourth-order valence-corrected chi connectivity index (χ4v) is 3.26. The molecule has 0 aliphatic heterocycles. The second kappa shape index (κ2) is 6.47. The van der Waals surface area contributed by atoms with Crippen LogP contribution in [-0.2, 0) is 19.3 Å². The van der Waals surface area contributed by atoms with Crippen molar-refractivity contribution in [2.75, 3.05) is 5.32 Å². The van der Waals surface area contributed by atoms with Gasteiger partial charge in [-0.2, -0.15) is 0 Å². The molecule has 0 saturated carbocycles. The number of rotatable bonds is 3. The number of nitrogens with one attached hydrogen (secondary N) is 2. The molecule has 6 nitrogen and oxygen atoms in total. The Bertz CT molecular complexity index is 931. The summed E-state index contributed by atoms with van der Waals surface area (Å²) in [4.78, 5) is 29.1. The maximum absolute atomic E-state index is 12.9. The molecule has 0 bridgehead atoms. The van der Waals surface area contributed by atoms with Gasteiger partial charge in [0.05, 0.1) is 11.3 Å². The minimum Gasteiger partial charge on any atom is -0.364 e. The van der Waals surface area contributed by atoms with Gasteiger partial charge in [-0.3, -0.25) is 4.79 Å². The second-order valence-corrected chi connectivity index (χ2v) is 6.13. The molecule has 0 aromatic carbocycles. The van der Waals surface area contributed by atoms with Crippen molar-refractivity contribution in [3.05, 3.63) is 59.4 Å². The Labute approximate surface area is 145 Å². The highest BCUT2D eigenvalue weighted by atomic mass is 16.1. The normalized spacial score (nSPS) is 12.8. The van der Waals surface area contributed by atoms with E-state index in [-0.39, 0.29) is 5.91 Å². The minimum atomic E-state index is -0.176. The maximum Gasteiger partial charge on any atom is 0.259 e. The van der Waals surface area contributed by atoms with E-state index in [1.54, 1.807) is 12.3 Å². The summed E-state index contributed by atoms with van der Waals surface area (Å²) in [6.07, 6.45) is 8.79. The fourth-order valence-electron chi connectivity index (χ4n) is 3.26. The van der Waals surface area contributed by atoms with Crippen LogP contribution in [0.5, 0.6) is 0 Å². The Kier molecular flexibility index (Phi) is 4.01. The summed E-state index contributed by atoms with van der Waals surface area (Å²) >= 11 is 0. The van der Waals surface area contributed by atoms with Crippen LogP contribution >= 0.6 is 0 Å². The van der Waals surface area contributed by atoms with Crippen molar-refractivity contribution in [3.63, 3.8) is 0 Å². The van der Waals surface area contributed by atoms with Crippen LogP contribution < -0.4 is 5.32 Å². The van der Waals surface area contributed by atoms with Crippen LogP contribution in [0.3, 0.4) is 0 Å². The van der Waals surface area contributed by atoms with E-state index in [9.17, 15) is 4.79 Å². The van der Waals surface area contributed by atoms with Crippen molar-refractivity contribution in [3.8, 4) is 11.3 Å². The number of carbonyl (C=O) groups excluding carboxylic acids is 1. The standard InChI is InChI=1S/C19H19N5O/c1-2-13-6-4-8-16(23-13)24-19(25)14-10-21-15-7-3-5-12-9-20-11-22-18(12)17(14)15/h4,6,8-11,21H,2-3,5,7H2,1H3,(H,23,24,25). The van der Waals surface area contributed by atoms with Crippen LogP contribution in [0.25, 0.3) is 11.3 Å². The third kappa shape index (κ3) is 2.91. The number of anilines is 1. The van der Waals surface area contributed by atoms with E-state index in [4.69, 9.17) is 0 Å². The van der Waals surface area contributed by atoms with Crippen LogP contribution in [-0.4, -0.2) is 25.8 Å². The third-order valence-corrected chi connectivity index (χ3v) is 4.51. The molecule has 0 spiro atoms. The van der Waals surface area contributed by atoms with E-state index in [1.165, 1.54) is 6.33 Å². The van der Waals surface area contributed by atoms with Gasteiger partial charge in [-0.05, 0) is 43.4 Å². The Balaban J connectivity index is 1.71. The lowest BCUT2D eigenvalue weighted by molar-refractivity contribution is 0.102. The number of nitrogens with zero attached hydrogens (tertiary/aromatic N) is 3. The molecule has 0 fully saturated rings. The number of aryl methyl sites for hydroxylation is 3. The average molecular weight is 333 g/mol. The molecule has 0 unspecified atom stereocenters. The number of carbonyl (C=O) groups is 1. The van der Waals surface area contributed by atoms with E-state index in [0.29, 0.717) is 11.4 Å². The molecule has 126 valence electrons. The first-order chi connectivity index (χ1) is 12.3. The number of hydrogen-bond acceptors (Lipinski definition) is 4. The number of aromatic nitrogens is 4. The molecule has 25 heavy (non-hydrogen) atoms. The molecule has 0 atom stereocenters. The van der Waals surface area contributed by atoms with Gasteiger partial charge in [-0.25, -0.2) is 15.0 Å². The smallest absolute Gasteiger partial charge is 0.259 e. The molecule has 1 amide bonds. The summed E-state index contributed by atoms with van der Waals surface area (Å²) in [5.41, 5.74) is 5.42. The van der Waals surface area contributed by atoms with Gasteiger partial charge >= 0.3 is 0 Å². The van der Waals surface area contributed by atoms with Gasteiger partial charge in [0.1, 0.15) is 12.1 Å². The van der Waals surface area contributed by atoms with Gasteiger partial charge < -0.3 is 10.3 Å². The van der Waals surface area contributed by atoms with Gasteiger partial charge in [-0.15, -0.1) is 0 Å². The van der Waals surface area contributed by atoms with Crippen LogP contribution in [0.1, 0.15) is 40.7 Å². The number of H-pyrrole nitrogens is 1. The number of aromatic amines is 1. The summed E-state index contributed by atoms with van der Waals surface area (Å²) in [5, 5.41) is 2.91. The number of hydrogen-bond donors (Lipinski definition) is 2. The van der Waals surface area contributed by atoms with Gasteiger partial charge in [0, 0.05) is 29.3 Å². The summed E-state index contributed by atoms with van der Waals surface area (Å²) in [5.74, 6) is 0.389. The third-order valence-electron chi connectivity index (χ3n) is 4.51. The van der Waals surface area contributed by atoms with Crippen LogP contribution in [0.15, 0.2) is 36.9 Å². The molecule has 1 aliphatic carbocycles. The molecule has 3 aromatic heterocycles. The first-order valence-corrected chi connectivity index (χ1v) is 8.53. The fraction of sp³-hybridized carbons (Fsp3) is 0.263. The maximum atomic E-state index is 12.9. The Morgan fingerprint density at radius 2 is 2.24 bits per heavy atom. The highest BCUT2D eigenvalue weighted by Gasteiger charge is 2.24. The molecule has 3 aromatic rings. The first-order valence-electron chi connectivity index (χ1n) is 8.53. The largest absolute Gasteiger partial charge is 0.364 e. The number of amides is 1. The highest BCUT2D eigenvalue weighted by Crippen LogP contribution is 2.33. The molecule has 6 heteroatoms. The van der Waals surface area contributed by atoms with E-state index in [2.05, 4.69) is 25.3 Å². The van der Waals surface area contributed by atoms with Crippen molar-refractivity contribution in [2.24, 2.45) is 0 Å². The lowest BCUT2D eigenvalue weighted by Gasteiger charge is -2.09. The van der Waals surface area contributed by atoms with E-state index >= 15 is 0 Å². The zero-order valence-corrected chi connectivity index (χ0v) is 14.0. The molecular formula is C19H19N5O. The highest BCUT2D eigenvalue weighted by molar-refractivity contribution is 6.08. The van der Waals surface area contributed by atoms with Crippen molar-refractivity contribution in [2.45, 2.75) is 32.6 Å². The van der Waals surface area contributed by atoms with E-state index in [0.717, 1.165) is 53.9 Å². The van der Waals surface area contributed by atoms with Gasteiger partial charge in [0.25, 0.3) is 5.91 Å². The number of pyridine rings is 1. The van der Waals surface area contributed by atoms with Crippen molar-refractivity contribution in [1.82, 2.24) is 19.9 Å². The average Bonchev–Trinajstić information content (AvgIpc) is 2.97. The molecule has 0 radical (unpaired) electrons. The quantitative estimate of drug-likeness (QED) is 0.771. The second-order valence-electron chi connectivity index (χ2n) is 6.13. The molecule has 3 heterocycles. The van der Waals surface area contributed by atoms with Gasteiger partial charge in [-0.1, -0.05) is 13.0 Å². The molecule has 0 saturated heterocycles. The molecular weight excluding hydrogens is 314 g/mol. The van der Waals surface area contributed by atoms with E-state index < -0.39 is 0 Å². The Hall–Kier alpha value is -3.02. The van der Waals surface area contributed by atoms with Gasteiger partial charge in [0.15, 0.2) is 0 Å². The summed E-state index contributed by atoms with van der Waals surface area (Å²) in [6.45, 7) is 2.04. The SMILES string of the molecule is CCc1cccc(NC(=O)c2c[nH]c3c2-c2ncncc2CCC3)n1. The predicted molar refractivity (Wildman–Crippen MR) is 95.4 cm³/mol. The van der Waals surface area contributed by atoms with Crippen LogP contribution in [0, 0.1) is 0 Å². The topological polar surface area (TPSA) is 83.6 Å². The zero-order chi connectivity index (χ0) is 17.2. The van der Waals surface area contributed by atoms with Crippen molar-refractivity contribution in [1.29, 1.82) is 0 Å². The van der Waals surface area contributed by atoms with Gasteiger partial charge in [0.2, 0.25) is 0 Å². The lowest BCUT2D eigenvalue weighted by Crippen LogP contribution is -2.14. The van der Waals surface area contributed by atoms with Crippen molar-refractivity contribution < 1.29 is 4.79 Å². The predicted octanol–water partition coefficient (Wildman–Crippen LogP) is 3.17. The Morgan fingerprint density at radius 3 is 3.12 bits per heavy atom. The molecule has 2 N–H and O–H groups in total. The summed E-state index contributed by atoms with van der Waals surface area (Å²) < 4.78 is 0. The van der Waals surface area contributed by atoms with Crippen molar-refractivity contribution >= 4 is 11.7 Å². The summed E-state index contributed by atoms with van der Waals surface area (Å²) in [7, 11) is 0. The Morgan fingerprint density at radius 1 is 1.32 bits per heavy atom. The summed E-state index contributed by atoms with van der Waals surface area (Å²) in [6, 6.07) is 5.66.